The Labute approximate surface area is 203 Å². The number of rotatable bonds is 7. The van der Waals surface area contributed by atoms with Crippen LogP contribution in [-0.2, 0) is 20.9 Å². The smallest absolute Gasteiger partial charge is 0.333 e. The van der Waals surface area contributed by atoms with E-state index < -0.39 is 5.97 Å². The number of thiazole rings is 1. The van der Waals surface area contributed by atoms with Crippen LogP contribution in [0, 0.1) is 11.8 Å². The van der Waals surface area contributed by atoms with Gasteiger partial charge in [0.2, 0.25) is 5.91 Å². The minimum atomic E-state index is -0.556. The highest BCUT2D eigenvalue weighted by Gasteiger charge is 2.26. The lowest BCUT2D eigenvalue weighted by Gasteiger charge is -2.35. The second-order valence-electron chi connectivity index (χ2n) is 8.63. The number of hydrogen-bond donors (Lipinski definition) is 0. The lowest BCUT2D eigenvalue weighted by molar-refractivity contribution is -0.136. The average molecular weight is 489 g/mol. The summed E-state index contributed by atoms with van der Waals surface area (Å²) >= 11 is 1.14. The van der Waals surface area contributed by atoms with E-state index in [0.29, 0.717) is 51.2 Å². The summed E-state index contributed by atoms with van der Waals surface area (Å²) in [5, 5.41) is 0. The van der Waals surface area contributed by atoms with Crippen molar-refractivity contribution in [3.05, 3.63) is 43.3 Å². The van der Waals surface area contributed by atoms with Crippen molar-refractivity contribution in [2.24, 2.45) is 11.8 Å². The van der Waals surface area contributed by atoms with Crippen molar-refractivity contribution in [2.75, 3.05) is 33.9 Å². The number of hydrogen-bond acceptors (Lipinski definition) is 7. The van der Waals surface area contributed by atoms with Gasteiger partial charge in [-0.2, -0.15) is 0 Å². The highest BCUT2D eigenvalue weighted by atomic mass is 32.1. The molecular weight excluding hydrogens is 456 g/mol. The highest BCUT2D eigenvalue weighted by molar-refractivity contribution is 7.07. The van der Waals surface area contributed by atoms with Gasteiger partial charge in [0.25, 0.3) is 5.56 Å². The molecule has 34 heavy (non-hydrogen) atoms. The zero-order valence-corrected chi connectivity index (χ0v) is 21.1. The first-order valence-electron chi connectivity index (χ1n) is 11.3. The first-order chi connectivity index (χ1) is 16.2. The maximum absolute atomic E-state index is 13.3. The van der Waals surface area contributed by atoms with E-state index in [4.69, 9.17) is 14.2 Å². The van der Waals surface area contributed by atoms with E-state index in [0.717, 1.165) is 17.8 Å². The minimum absolute atomic E-state index is 0.130. The molecule has 0 unspecified atom stereocenters. The lowest BCUT2D eigenvalue weighted by Crippen LogP contribution is -2.46. The van der Waals surface area contributed by atoms with Gasteiger partial charge in [-0.25, -0.2) is 4.79 Å². The molecule has 8 nitrogen and oxygen atoms in total. The zero-order valence-electron chi connectivity index (χ0n) is 20.3. The number of likely N-dealkylation sites (tertiary alicyclic amines) is 1. The molecule has 1 amide bonds. The number of methoxy groups -OCH3 is 2. The minimum Gasteiger partial charge on any atom is -0.497 e. The Hall–Kier alpha value is -3.07. The molecule has 0 radical (unpaired) electrons. The fourth-order valence-corrected chi connectivity index (χ4v) is 5.27. The Morgan fingerprint density at radius 1 is 1.09 bits per heavy atom. The monoisotopic (exact) mass is 488 g/mol. The summed E-state index contributed by atoms with van der Waals surface area (Å²) in [6, 6.07) is 5.30. The van der Waals surface area contributed by atoms with E-state index >= 15 is 0 Å². The van der Waals surface area contributed by atoms with Gasteiger partial charge in [0, 0.05) is 19.2 Å². The van der Waals surface area contributed by atoms with Gasteiger partial charge in [0.1, 0.15) is 22.7 Å². The molecule has 0 spiro atoms. The number of carbonyl (C=O) groups is 2. The molecule has 0 saturated carbocycles. The molecule has 2 heterocycles. The van der Waals surface area contributed by atoms with Crippen molar-refractivity contribution >= 4 is 35.4 Å². The van der Waals surface area contributed by atoms with Crippen LogP contribution in [0.3, 0.4) is 0 Å². The number of nitrogens with zero attached hydrogens (tertiary/aromatic N) is 2. The molecular formula is C25H32N2O6S. The first kappa shape index (κ1) is 25.6. The molecule has 1 aromatic heterocycles. The van der Waals surface area contributed by atoms with Crippen molar-refractivity contribution in [1.82, 2.24) is 9.47 Å². The molecule has 0 N–H and O–H groups in total. The number of esters is 1. The van der Waals surface area contributed by atoms with Crippen LogP contribution in [0.15, 0.2) is 23.0 Å². The Morgan fingerprint density at radius 3 is 2.26 bits per heavy atom. The zero-order chi connectivity index (χ0) is 24.8. The Bertz CT molecular complexity index is 1180. The molecule has 9 heteroatoms. The van der Waals surface area contributed by atoms with Crippen LogP contribution in [-0.4, -0.2) is 55.3 Å². The summed E-state index contributed by atoms with van der Waals surface area (Å²) in [6.07, 6.45) is 4.05. The fourth-order valence-electron chi connectivity index (χ4n) is 4.24. The average Bonchev–Trinajstić information content (AvgIpc) is 3.06. The third-order valence-corrected chi connectivity index (χ3v) is 6.71. The first-order valence-corrected chi connectivity index (χ1v) is 12.2. The quantitative estimate of drug-likeness (QED) is 0.551. The summed E-state index contributed by atoms with van der Waals surface area (Å²) in [7, 11) is 3.11. The number of benzene rings is 1. The van der Waals surface area contributed by atoms with E-state index in [-0.39, 0.29) is 24.6 Å². The van der Waals surface area contributed by atoms with Gasteiger partial charge in [0.15, 0.2) is 0 Å². The third kappa shape index (κ3) is 6.28. The molecule has 2 atom stereocenters. The Balaban J connectivity index is 2.05. The standard InChI is InChI=1S/C25H32N2O6S/c1-6-33-24(29)12-23-27(15-22(28)26-13-16(2)7-17(3)14-26)25(30)21(34-23)10-18-8-19(31-4)11-20(9-18)32-5/h8-12,16-17H,6-7,13-15H2,1-5H3/b21-10-,23-12-/t16-,17-/m0/s1. The second-order valence-corrected chi connectivity index (χ2v) is 9.69. The molecule has 1 fully saturated rings. The number of ether oxygens (including phenoxy) is 3. The summed E-state index contributed by atoms with van der Waals surface area (Å²) in [6.45, 7) is 7.39. The molecule has 2 aromatic rings. The largest absolute Gasteiger partial charge is 0.497 e. The van der Waals surface area contributed by atoms with E-state index in [1.807, 2.05) is 4.90 Å². The van der Waals surface area contributed by atoms with E-state index in [1.54, 1.807) is 45.4 Å². The topological polar surface area (TPSA) is 87.1 Å². The van der Waals surface area contributed by atoms with Gasteiger partial charge in [-0.05, 0) is 49.0 Å². The fraction of sp³-hybridized carbons (Fsp3) is 0.480. The number of carbonyl (C=O) groups excluding carboxylic acids is 2. The van der Waals surface area contributed by atoms with Crippen molar-refractivity contribution in [1.29, 1.82) is 0 Å². The molecule has 3 rings (SSSR count). The summed E-state index contributed by atoms with van der Waals surface area (Å²) in [5.74, 6) is 1.30. The number of piperidine rings is 1. The van der Waals surface area contributed by atoms with Crippen LogP contribution < -0.4 is 24.2 Å². The van der Waals surface area contributed by atoms with Crippen molar-refractivity contribution in [2.45, 2.75) is 33.7 Å². The van der Waals surface area contributed by atoms with E-state index in [9.17, 15) is 14.4 Å². The molecule has 1 aromatic carbocycles. The molecule has 1 saturated heterocycles. The van der Waals surface area contributed by atoms with Crippen LogP contribution >= 0.6 is 11.3 Å². The van der Waals surface area contributed by atoms with Crippen molar-refractivity contribution < 1.29 is 23.8 Å². The Morgan fingerprint density at radius 2 is 1.71 bits per heavy atom. The molecule has 0 aliphatic carbocycles. The summed E-state index contributed by atoms with van der Waals surface area (Å²) < 4.78 is 17.8. The number of amides is 1. The predicted octanol–water partition coefficient (Wildman–Crippen LogP) is 1.60. The van der Waals surface area contributed by atoms with Gasteiger partial charge in [-0.3, -0.25) is 14.2 Å². The maximum Gasteiger partial charge on any atom is 0.333 e. The molecule has 1 aliphatic rings. The highest BCUT2D eigenvalue weighted by Crippen LogP contribution is 2.23. The van der Waals surface area contributed by atoms with Crippen LogP contribution in [0.2, 0.25) is 0 Å². The third-order valence-electron chi connectivity index (χ3n) is 5.65. The van der Waals surface area contributed by atoms with Gasteiger partial charge < -0.3 is 19.1 Å². The summed E-state index contributed by atoms with van der Waals surface area (Å²) in [4.78, 5) is 40.4. The van der Waals surface area contributed by atoms with Crippen LogP contribution in [0.25, 0.3) is 12.2 Å². The summed E-state index contributed by atoms with van der Waals surface area (Å²) in [5.41, 5.74) is 0.364. The van der Waals surface area contributed by atoms with Crippen LogP contribution in [0.1, 0.15) is 32.8 Å². The number of aromatic nitrogens is 1. The van der Waals surface area contributed by atoms with E-state index in [2.05, 4.69) is 13.8 Å². The van der Waals surface area contributed by atoms with Gasteiger partial charge in [0.05, 0.1) is 31.4 Å². The molecule has 0 bridgehead atoms. The normalized spacial score (nSPS) is 19.3. The van der Waals surface area contributed by atoms with Crippen LogP contribution in [0.5, 0.6) is 11.5 Å². The van der Waals surface area contributed by atoms with Gasteiger partial charge in [-0.1, -0.05) is 13.8 Å². The predicted molar refractivity (Wildman–Crippen MR) is 132 cm³/mol. The lowest BCUT2D eigenvalue weighted by atomic mass is 9.92. The van der Waals surface area contributed by atoms with Crippen molar-refractivity contribution in [3.63, 3.8) is 0 Å². The molecule has 1 aliphatic heterocycles. The van der Waals surface area contributed by atoms with E-state index in [1.165, 1.54) is 10.6 Å². The molecule has 184 valence electrons. The second kappa shape index (κ2) is 11.4. The van der Waals surface area contributed by atoms with Gasteiger partial charge >= 0.3 is 5.97 Å². The Kier molecular flexibility index (Phi) is 8.55. The van der Waals surface area contributed by atoms with Gasteiger partial charge in [-0.15, -0.1) is 11.3 Å². The maximum atomic E-state index is 13.3. The van der Waals surface area contributed by atoms with Crippen LogP contribution in [0.4, 0.5) is 0 Å². The van der Waals surface area contributed by atoms with Crippen molar-refractivity contribution in [3.8, 4) is 11.5 Å². The SMILES string of the molecule is CCOC(=O)/C=c1\s/c(=C\c2cc(OC)cc(OC)c2)c(=O)n1CC(=O)N1C[C@@H](C)C[C@H](C)C1.